The van der Waals surface area contributed by atoms with Crippen molar-refractivity contribution in [3.8, 4) is 6.07 Å². The first-order chi connectivity index (χ1) is 8.20. The van der Waals surface area contributed by atoms with Crippen molar-refractivity contribution in [2.24, 2.45) is 0 Å². The van der Waals surface area contributed by atoms with Gasteiger partial charge in [0.15, 0.2) is 0 Å². The van der Waals surface area contributed by atoms with E-state index in [1.54, 1.807) is 37.3 Å². The number of pyridine rings is 1. The van der Waals surface area contributed by atoms with Crippen LogP contribution < -0.4 is 5.32 Å². The molecular formula is C13H10FN3. The summed E-state index contributed by atoms with van der Waals surface area (Å²) < 4.78 is 13.3. The molecule has 1 aromatic heterocycles. The smallest absolute Gasteiger partial charge is 0.142 e. The molecule has 1 heterocycles. The van der Waals surface area contributed by atoms with Crippen LogP contribution in [0.25, 0.3) is 0 Å². The second kappa shape index (κ2) is 4.62. The molecule has 1 N–H and O–H groups in total. The Morgan fingerprint density at radius 3 is 2.76 bits per heavy atom. The molecule has 2 rings (SSSR count). The van der Waals surface area contributed by atoms with Crippen molar-refractivity contribution >= 4 is 11.5 Å². The van der Waals surface area contributed by atoms with Crippen LogP contribution in [-0.2, 0) is 0 Å². The summed E-state index contributed by atoms with van der Waals surface area (Å²) in [6, 6.07) is 11.8. The van der Waals surface area contributed by atoms with E-state index in [0.717, 1.165) is 0 Å². The van der Waals surface area contributed by atoms with Crippen LogP contribution in [0.15, 0.2) is 36.4 Å². The molecule has 0 aliphatic carbocycles. The maximum atomic E-state index is 13.3. The number of rotatable bonds is 2. The van der Waals surface area contributed by atoms with E-state index in [2.05, 4.69) is 10.3 Å². The van der Waals surface area contributed by atoms with Crippen LogP contribution in [0, 0.1) is 24.1 Å². The van der Waals surface area contributed by atoms with Gasteiger partial charge < -0.3 is 5.32 Å². The third-order valence-corrected chi connectivity index (χ3v) is 2.39. The molecule has 17 heavy (non-hydrogen) atoms. The minimum atomic E-state index is -0.272. The van der Waals surface area contributed by atoms with Crippen molar-refractivity contribution in [2.75, 3.05) is 5.32 Å². The van der Waals surface area contributed by atoms with Gasteiger partial charge in [-0.2, -0.15) is 5.26 Å². The number of anilines is 2. The lowest BCUT2D eigenvalue weighted by Crippen LogP contribution is -1.98. The molecule has 0 saturated heterocycles. The van der Waals surface area contributed by atoms with Crippen LogP contribution in [0.1, 0.15) is 11.3 Å². The van der Waals surface area contributed by atoms with E-state index in [1.807, 2.05) is 6.07 Å². The van der Waals surface area contributed by atoms with E-state index >= 15 is 0 Å². The molecule has 0 aliphatic heterocycles. The van der Waals surface area contributed by atoms with Gasteiger partial charge in [-0.05, 0) is 31.2 Å². The molecule has 1 aromatic carbocycles. The first-order valence-corrected chi connectivity index (χ1v) is 5.10. The van der Waals surface area contributed by atoms with Gasteiger partial charge in [-0.25, -0.2) is 9.37 Å². The van der Waals surface area contributed by atoms with E-state index in [1.165, 1.54) is 6.07 Å². The first kappa shape index (κ1) is 11.1. The minimum absolute atomic E-state index is 0.272. The van der Waals surface area contributed by atoms with Gasteiger partial charge in [0.2, 0.25) is 0 Å². The summed E-state index contributed by atoms with van der Waals surface area (Å²) in [4.78, 5) is 4.06. The summed E-state index contributed by atoms with van der Waals surface area (Å²) >= 11 is 0. The molecule has 0 atom stereocenters. The zero-order valence-corrected chi connectivity index (χ0v) is 9.24. The molecular weight excluding hydrogens is 217 g/mol. The largest absolute Gasteiger partial charge is 0.340 e. The van der Waals surface area contributed by atoms with Crippen molar-refractivity contribution < 1.29 is 4.39 Å². The Labute approximate surface area is 98.5 Å². The van der Waals surface area contributed by atoms with Crippen LogP contribution in [0.2, 0.25) is 0 Å². The molecule has 0 radical (unpaired) electrons. The Bertz CT molecular complexity index is 587. The number of hydrogen-bond acceptors (Lipinski definition) is 3. The standard InChI is InChI=1S/C13H10FN3/c1-9-11(14)5-3-6-12(9)17-13-7-2-4-10(8-15)16-13/h2-7H,1H3,(H,16,17). The first-order valence-electron chi connectivity index (χ1n) is 5.10. The molecule has 0 amide bonds. The average Bonchev–Trinajstić information content (AvgIpc) is 2.35. The average molecular weight is 227 g/mol. The van der Waals surface area contributed by atoms with Gasteiger partial charge in [0.1, 0.15) is 23.4 Å². The molecule has 0 fully saturated rings. The van der Waals surface area contributed by atoms with Crippen molar-refractivity contribution in [3.05, 3.63) is 53.5 Å². The monoisotopic (exact) mass is 227 g/mol. The van der Waals surface area contributed by atoms with Crippen molar-refractivity contribution in [1.82, 2.24) is 4.98 Å². The molecule has 84 valence electrons. The highest BCUT2D eigenvalue weighted by Crippen LogP contribution is 2.21. The normalized spacial score (nSPS) is 9.71. The molecule has 0 saturated carbocycles. The van der Waals surface area contributed by atoms with E-state index < -0.39 is 0 Å². The Morgan fingerprint density at radius 1 is 1.24 bits per heavy atom. The lowest BCUT2D eigenvalue weighted by atomic mass is 10.2. The van der Waals surface area contributed by atoms with Gasteiger partial charge in [0.25, 0.3) is 0 Å². The SMILES string of the molecule is Cc1c(F)cccc1Nc1cccc(C#N)n1. The van der Waals surface area contributed by atoms with E-state index in [-0.39, 0.29) is 5.82 Å². The van der Waals surface area contributed by atoms with E-state index in [9.17, 15) is 4.39 Å². The number of nitrogens with one attached hydrogen (secondary N) is 1. The van der Waals surface area contributed by atoms with Gasteiger partial charge in [-0.3, -0.25) is 0 Å². The zero-order chi connectivity index (χ0) is 12.3. The summed E-state index contributed by atoms with van der Waals surface area (Å²) in [5.41, 5.74) is 1.49. The number of nitrogens with zero attached hydrogens (tertiary/aromatic N) is 2. The summed E-state index contributed by atoms with van der Waals surface area (Å²) in [6.07, 6.45) is 0. The number of aromatic nitrogens is 1. The van der Waals surface area contributed by atoms with Crippen LogP contribution in [-0.4, -0.2) is 4.98 Å². The predicted octanol–water partition coefficient (Wildman–Crippen LogP) is 3.14. The quantitative estimate of drug-likeness (QED) is 0.857. The van der Waals surface area contributed by atoms with Crippen molar-refractivity contribution in [3.63, 3.8) is 0 Å². The van der Waals surface area contributed by atoms with Gasteiger partial charge in [0, 0.05) is 11.3 Å². The van der Waals surface area contributed by atoms with Crippen molar-refractivity contribution in [2.45, 2.75) is 6.92 Å². The number of hydrogen-bond donors (Lipinski definition) is 1. The second-order valence-corrected chi connectivity index (χ2v) is 3.56. The number of nitriles is 1. The van der Waals surface area contributed by atoms with Crippen LogP contribution in [0.5, 0.6) is 0 Å². The Balaban J connectivity index is 2.32. The maximum Gasteiger partial charge on any atom is 0.142 e. The fourth-order valence-electron chi connectivity index (χ4n) is 1.45. The Hall–Kier alpha value is -2.41. The molecule has 0 unspecified atom stereocenters. The highest BCUT2D eigenvalue weighted by atomic mass is 19.1. The Kier molecular flexibility index (Phi) is 3.01. The molecule has 0 bridgehead atoms. The Morgan fingerprint density at radius 2 is 2.00 bits per heavy atom. The van der Waals surface area contributed by atoms with Crippen LogP contribution in [0.4, 0.5) is 15.9 Å². The molecule has 0 aliphatic rings. The van der Waals surface area contributed by atoms with Gasteiger partial charge in [-0.1, -0.05) is 12.1 Å². The number of halogens is 1. The summed E-state index contributed by atoms with van der Waals surface area (Å²) in [5.74, 6) is 0.254. The fraction of sp³-hybridized carbons (Fsp3) is 0.0769. The third kappa shape index (κ3) is 2.40. The van der Waals surface area contributed by atoms with Gasteiger partial charge in [0.05, 0.1) is 0 Å². The molecule has 3 nitrogen and oxygen atoms in total. The van der Waals surface area contributed by atoms with Gasteiger partial charge >= 0.3 is 0 Å². The van der Waals surface area contributed by atoms with E-state index in [4.69, 9.17) is 5.26 Å². The van der Waals surface area contributed by atoms with E-state index in [0.29, 0.717) is 22.8 Å². The molecule has 0 spiro atoms. The van der Waals surface area contributed by atoms with Crippen LogP contribution >= 0.6 is 0 Å². The van der Waals surface area contributed by atoms with Crippen molar-refractivity contribution in [1.29, 1.82) is 5.26 Å². The lowest BCUT2D eigenvalue weighted by molar-refractivity contribution is 0.619. The third-order valence-electron chi connectivity index (χ3n) is 2.39. The highest BCUT2D eigenvalue weighted by molar-refractivity contribution is 5.60. The highest BCUT2D eigenvalue weighted by Gasteiger charge is 2.04. The zero-order valence-electron chi connectivity index (χ0n) is 9.24. The molecule has 4 heteroatoms. The summed E-state index contributed by atoms with van der Waals surface area (Å²) in [6.45, 7) is 1.69. The van der Waals surface area contributed by atoms with Gasteiger partial charge in [-0.15, -0.1) is 0 Å². The fourth-order valence-corrected chi connectivity index (χ4v) is 1.45. The number of benzene rings is 1. The predicted molar refractivity (Wildman–Crippen MR) is 63.4 cm³/mol. The lowest BCUT2D eigenvalue weighted by Gasteiger charge is -2.09. The summed E-state index contributed by atoms with van der Waals surface area (Å²) in [5, 5.41) is 11.7. The molecule has 2 aromatic rings. The maximum absolute atomic E-state index is 13.3. The summed E-state index contributed by atoms with van der Waals surface area (Å²) in [7, 11) is 0. The topological polar surface area (TPSA) is 48.7 Å². The second-order valence-electron chi connectivity index (χ2n) is 3.56. The minimum Gasteiger partial charge on any atom is -0.340 e. The van der Waals surface area contributed by atoms with Crippen LogP contribution in [0.3, 0.4) is 0 Å².